The SMILES string of the molecule is CN=C(NCCCc1ccc(N(C)C)cc1)NCc1ccsc1.I. The van der Waals surface area contributed by atoms with Crippen LogP contribution in [-0.2, 0) is 13.0 Å². The number of benzene rings is 1. The van der Waals surface area contributed by atoms with Crippen molar-refractivity contribution in [1.82, 2.24) is 10.6 Å². The van der Waals surface area contributed by atoms with Gasteiger partial charge in [0.2, 0.25) is 0 Å². The van der Waals surface area contributed by atoms with Gasteiger partial charge in [-0.3, -0.25) is 4.99 Å². The minimum absolute atomic E-state index is 0. The number of aryl methyl sites for hydroxylation is 1. The summed E-state index contributed by atoms with van der Waals surface area (Å²) in [5.41, 5.74) is 3.91. The zero-order chi connectivity index (χ0) is 16.5. The van der Waals surface area contributed by atoms with Crippen molar-refractivity contribution in [3.05, 3.63) is 52.2 Å². The largest absolute Gasteiger partial charge is 0.378 e. The van der Waals surface area contributed by atoms with E-state index in [2.05, 4.69) is 75.7 Å². The van der Waals surface area contributed by atoms with E-state index in [0.29, 0.717) is 0 Å². The second kappa shape index (κ2) is 11.3. The number of halogens is 1. The van der Waals surface area contributed by atoms with Crippen LogP contribution in [0.25, 0.3) is 0 Å². The van der Waals surface area contributed by atoms with Crippen LogP contribution in [0.4, 0.5) is 5.69 Å². The van der Waals surface area contributed by atoms with E-state index in [1.165, 1.54) is 16.8 Å². The highest BCUT2D eigenvalue weighted by Crippen LogP contribution is 2.13. The van der Waals surface area contributed by atoms with Crippen molar-refractivity contribution in [2.24, 2.45) is 4.99 Å². The maximum atomic E-state index is 4.26. The van der Waals surface area contributed by atoms with Crippen molar-refractivity contribution < 1.29 is 0 Å². The van der Waals surface area contributed by atoms with Crippen LogP contribution in [0.2, 0.25) is 0 Å². The van der Waals surface area contributed by atoms with Gasteiger partial charge in [-0.25, -0.2) is 0 Å². The summed E-state index contributed by atoms with van der Waals surface area (Å²) < 4.78 is 0. The van der Waals surface area contributed by atoms with Crippen molar-refractivity contribution in [3.63, 3.8) is 0 Å². The summed E-state index contributed by atoms with van der Waals surface area (Å²) in [5.74, 6) is 0.860. The van der Waals surface area contributed by atoms with E-state index in [1.807, 2.05) is 7.05 Å². The van der Waals surface area contributed by atoms with Gasteiger partial charge in [-0.15, -0.1) is 24.0 Å². The van der Waals surface area contributed by atoms with Crippen molar-refractivity contribution in [2.75, 3.05) is 32.6 Å². The maximum Gasteiger partial charge on any atom is 0.191 e. The molecular weight excluding hydrogens is 431 g/mol. The number of rotatable bonds is 7. The van der Waals surface area contributed by atoms with Crippen LogP contribution in [0.15, 0.2) is 46.1 Å². The monoisotopic (exact) mass is 458 g/mol. The second-order valence-electron chi connectivity index (χ2n) is 5.65. The van der Waals surface area contributed by atoms with Gasteiger partial charge in [0.15, 0.2) is 5.96 Å². The molecule has 0 aliphatic carbocycles. The quantitative estimate of drug-likeness (QED) is 0.288. The van der Waals surface area contributed by atoms with Crippen LogP contribution in [0.5, 0.6) is 0 Å². The molecule has 2 N–H and O–H groups in total. The topological polar surface area (TPSA) is 39.7 Å². The Bertz CT molecular complexity index is 594. The van der Waals surface area contributed by atoms with E-state index < -0.39 is 0 Å². The molecule has 1 heterocycles. The van der Waals surface area contributed by atoms with Gasteiger partial charge in [-0.2, -0.15) is 11.3 Å². The van der Waals surface area contributed by atoms with Crippen LogP contribution >= 0.6 is 35.3 Å². The van der Waals surface area contributed by atoms with Gasteiger partial charge in [-0.1, -0.05) is 12.1 Å². The lowest BCUT2D eigenvalue weighted by atomic mass is 10.1. The summed E-state index contributed by atoms with van der Waals surface area (Å²) in [6.07, 6.45) is 2.16. The molecule has 132 valence electrons. The van der Waals surface area contributed by atoms with Crippen molar-refractivity contribution in [1.29, 1.82) is 0 Å². The van der Waals surface area contributed by atoms with Gasteiger partial charge in [0.1, 0.15) is 0 Å². The molecule has 2 rings (SSSR count). The third-order valence-electron chi connectivity index (χ3n) is 3.65. The fraction of sp³-hybridized carbons (Fsp3) is 0.389. The van der Waals surface area contributed by atoms with Gasteiger partial charge >= 0.3 is 0 Å². The fourth-order valence-corrected chi connectivity index (χ4v) is 2.93. The lowest BCUT2D eigenvalue weighted by Crippen LogP contribution is -2.37. The van der Waals surface area contributed by atoms with Crippen LogP contribution < -0.4 is 15.5 Å². The number of guanidine groups is 1. The Kier molecular flexibility index (Phi) is 9.78. The first-order chi connectivity index (χ1) is 11.2. The Labute approximate surface area is 166 Å². The Morgan fingerprint density at radius 2 is 1.83 bits per heavy atom. The van der Waals surface area contributed by atoms with Crippen molar-refractivity contribution in [3.8, 4) is 0 Å². The third-order valence-corrected chi connectivity index (χ3v) is 4.38. The maximum absolute atomic E-state index is 4.26. The molecule has 0 saturated carbocycles. The fourth-order valence-electron chi connectivity index (χ4n) is 2.26. The molecule has 0 radical (unpaired) electrons. The molecule has 6 heteroatoms. The van der Waals surface area contributed by atoms with E-state index in [0.717, 1.165) is 31.9 Å². The van der Waals surface area contributed by atoms with Gasteiger partial charge < -0.3 is 15.5 Å². The predicted molar refractivity (Wildman–Crippen MR) is 117 cm³/mol. The zero-order valence-electron chi connectivity index (χ0n) is 14.6. The summed E-state index contributed by atoms with van der Waals surface area (Å²) in [6, 6.07) is 10.9. The first kappa shape index (κ1) is 20.8. The Hall–Kier alpha value is -1.28. The highest BCUT2D eigenvalue weighted by Gasteiger charge is 2.00. The second-order valence-corrected chi connectivity index (χ2v) is 6.43. The average Bonchev–Trinajstić information content (AvgIpc) is 3.08. The lowest BCUT2D eigenvalue weighted by molar-refractivity contribution is 0.742. The Morgan fingerprint density at radius 1 is 1.08 bits per heavy atom. The molecule has 0 aliphatic heterocycles. The summed E-state index contributed by atoms with van der Waals surface area (Å²) in [6.45, 7) is 1.73. The molecule has 4 nitrogen and oxygen atoms in total. The van der Waals surface area contributed by atoms with Crippen LogP contribution in [-0.4, -0.2) is 33.6 Å². The smallest absolute Gasteiger partial charge is 0.191 e. The minimum atomic E-state index is 0. The molecule has 1 aromatic carbocycles. The molecule has 2 aromatic rings. The standard InChI is InChI=1S/C18H26N4S.HI/c1-19-18(21-13-16-10-12-23-14-16)20-11-4-5-15-6-8-17(9-7-15)22(2)3;/h6-10,12,14H,4-5,11,13H2,1-3H3,(H2,19,20,21);1H. The van der Waals surface area contributed by atoms with Gasteiger partial charge in [0.05, 0.1) is 0 Å². The minimum Gasteiger partial charge on any atom is -0.378 e. The Balaban J connectivity index is 0.00000288. The highest BCUT2D eigenvalue weighted by atomic mass is 127. The molecule has 0 amide bonds. The average molecular weight is 458 g/mol. The first-order valence-electron chi connectivity index (χ1n) is 7.91. The molecule has 0 bridgehead atoms. The molecule has 0 spiro atoms. The van der Waals surface area contributed by atoms with Crippen LogP contribution in [0.1, 0.15) is 17.5 Å². The molecule has 1 aromatic heterocycles. The molecule has 0 fully saturated rings. The van der Waals surface area contributed by atoms with E-state index in [-0.39, 0.29) is 24.0 Å². The number of anilines is 1. The summed E-state index contributed by atoms with van der Waals surface area (Å²) in [4.78, 5) is 6.37. The third kappa shape index (κ3) is 7.09. The normalized spacial score (nSPS) is 10.9. The summed E-state index contributed by atoms with van der Waals surface area (Å²) >= 11 is 1.72. The number of hydrogen-bond acceptors (Lipinski definition) is 3. The van der Waals surface area contributed by atoms with Crippen molar-refractivity contribution >= 4 is 47.0 Å². The van der Waals surface area contributed by atoms with Crippen LogP contribution in [0.3, 0.4) is 0 Å². The predicted octanol–water partition coefficient (Wildman–Crippen LogP) is 3.73. The first-order valence-corrected chi connectivity index (χ1v) is 8.85. The van der Waals surface area contributed by atoms with Crippen LogP contribution in [0, 0.1) is 0 Å². The molecule has 0 atom stereocenters. The van der Waals surface area contributed by atoms with Gasteiger partial charge in [-0.05, 0) is 52.9 Å². The number of nitrogens with one attached hydrogen (secondary N) is 2. The molecule has 0 saturated heterocycles. The Morgan fingerprint density at radius 3 is 2.42 bits per heavy atom. The molecule has 24 heavy (non-hydrogen) atoms. The number of aliphatic imine (C=N–C) groups is 1. The highest BCUT2D eigenvalue weighted by molar-refractivity contribution is 14.0. The number of hydrogen-bond donors (Lipinski definition) is 2. The summed E-state index contributed by atoms with van der Waals surface area (Å²) in [7, 11) is 5.93. The van der Waals surface area contributed by atoms with Gasteiger partial charge in [0.25, 0.3) is 0 Å². The number of thiophene rings is 1. The lowest BCUT2D eigenvalue weighted by Gasteiger charge is -2.13. The molecule has 0 unspecified atom stereocenters. The van der Waals surface area contributed by atoms with E-state index in [1.54, 1.807) is 11.3 Å². The van der Waals surface area contributed by atoms with Gasteiger partial charge in [0, 0.05) is 39.9 Å². The van der Waals surface area contributed by atoms with E-state index in [9.17, 15) is 0 Å². The summed E-state index contributed by atoms with van der Waals surface area (Å²) in [5, 5.41) is 10.9. The van der Waals surface area contributed by atoms with E-state index in [4.69, 9.17) is 0 Å². The molecule has 0 aliphatic rings. The number of nitrogens with zero attached hydrogens (tertiary/aromatic N) is 2. The van der Waals surface area contributed by atoms with Crippen molar-refractivity contribution in [2.45, 2.75) is 19.4 Å². The zero-order valence-corrected chi connectivity index (χ0v) is 17.7. The molecular formula is C18H27IN4S. The van der Waals surface area contributed by atoms with E-state index >= 15 is 0 Å².